The quantitative estimate of drug-likeness (QED) is 0.546. The van der Waals surface area contributed by atoms with Crippen LogP contribution in [-0.2, 0) is 9.53 Å². The van der Waals surface area contributed by atoms with Gasteiger partial charge in [0, 0.05) is 6.54 Å². The summed E-state index contributed by atoms with van der Waals surface area (Å²) in [6.45, 7) is 13.0. The number of likely N-dealkylation sites (N-methyl/N-ethyl adjacent to an activating group) is 1. The van der Waals surface area contributed by atoms with Gasteiger partial charge in [0.25, 0.3) is 0 Å². The molecule has 1 atom stereocenters. The Bertz CT molecular complexity index is 245. The Labute approximate surface area is 124 Å². The second-order valence-electron chi connectivity index (χ2n) is 4.97. The Morgan fingerprint density at radius 1 is 1.05 bits per heavy atom. The molecule has 120 valence electrons. The fraction of sp³-hybridized carbons (Fsp3) is 0.933. The number of hydrogen-bond donors (Lipinski definition) is 1. The van der Waals surface area contributed by atoms with Gasteiger partial charge in [0.15, 0.2) is 0 Å². The third-order valence-corrected chi connectivity index (χ3v) is 3.86. The molecule has 0 aromatic heterocycles. The highest BCUT2D eigenvalue weighted by atomic mass is 16.5. The minimum Gasteiger partial charge on any atom is -0.468 e. The summed E-state index contributed by atoms with van der Waals surface area (Å²) in [5.74, 6) is -0.174. The van der Waals surface area contributed by atoms with E-state index in [0.29, 0.717) is 0 Å². The summed E-state index contributed by atoms with van der Waals surface area (Å²) in [6, 6.07) is -0.197. The number of nitrogens with zero attached hydrogens (tertiary/aromatic N) is 2. The maximum absolute atomic E-state index is 11.5. The average Bonchev–Trinajstić information content (AvgIpc) is 2.49. The lowest BCUT2D eigenvalue weighted by molar-refractivity contribution is -0.143. The van der Waals surface area contributed by atoms with Gasteiger partial charge in [-0.05, 0) is 52.6 Å². The van der Waals surface area contributed by atoms with Gasteiger partial charge in [-0.15, -0.1) is 0 Å². The summed E-state index contributed by atoms with van der Waals surface area (Å²) >= 11 is 0. The van der Waals surface area contributed by atoms with Crippen molar-refractivity contribution >= 4 is 5.97 Å². The van der Waals surface area contributed by atoms with Gasteiger partial charge in [-0.2, -0.15) is 0 Å². The first-order valence-electron chi connectivity index (χ1n) is 7.82. The van der Waals surface area contributed by atoms with Gasteiger partial charge in [-0.1, -0.05) is 20.8 Å². The van der Waals surface area contributed by atoms with Crippen LogP contribution in [0.15, 0.2) is 0 Å². The Kier molecular flexibility index (Phi) is 11.7. The van der Waals surface area contributed by atoms with Crippen LogP contribution in [0.25, 0.3) is 0 Å². The first-order chi connectivity index (χ1) is 9.62. The maximum Gasteiger partial charge on any atom is 0.322 e. The summed E-state index contributed by atoms with van der Waals surface area (Å²) in [5.41, 5.74) is 0. The number of methoxy groups -OCH3 is 1. The Balaban J connectivity index is 3.99. The van der Waals surface area contributed by atoms with Crippen molar-refractivity contribution in [1.82, 2.24) is 15.1 Å². The van der Waals surface area contributed by atoms with E-state index in [9.17, 15) is 4.79 Å². The summed E-state index contributed by atoms with van der Waals surface area (Å²) < 4.78 is 4.78. The highest BCUT2D eigenvalue weighted by Crippen LogP contribution is 2.01. The summed E-state index contributed by atoms with van der Waals surface area (Å²) in [4.78, 5) is 16.4. The molecule has 0 bridgehead atoms. The number of nitrogens with one attached hydrogen (secondary N) is 1. The molecule has 0 amide bonds. The van der Waals surface area contributed by atoms with Crippen molar-refractivity contribution in [2.45, 2.75) is 39.7 Å². The lowest BCUT2D eigenvalue weighted by Gasteiger charge is -2.24. The molecule has 0 heterocycles. The molecule has 1 unspecified atom stereocenters. The Morgan fingerprint density at radius 2 is 1.60 bits per heavy atom. The molecule has 0 aromatic carbocycles. The molecule has 0 saturated heterocycles. The second-order valence-corrected chi connectivity index (χ2v) is 4.97. The SMILES string of the molecule is CCN(CC)CCCN(CC)CCC(NC)C(=O)OC. The molecule has 5 heteroatoms. The van der Waals surface area contributed by atoms with E-state index in [2.05, 4.69) is 35.9 Å². The molecule has 0 aromatic rings. The van der Waals surface area contributed by atoms with Crippen LogP contribution in [-0.4, -0.2) is 75.2 Å². The van der Waals surface area contributed by atoms with Crippen molar-refractivity contribution in [3.05, 3.63) is 0 Å². The van der Waals surface area contributed by atoms with Crippen LogP contribution in [0.2, 0.25) is 0 Å². The van der Waals surface area contributed by atoms with Crippen molar-refractivity contribution < 1.29 is 9.53 Å². The van der Waals surface area contributed by atoms with E-state index in [4.69, 9.17) is 4.74 Å². The Morgan fingerprint density at radius 3 is 2.05 bits per heavy atom. The number of carbonyl (C=O) groups is 1. The fourth-order valence-electron chi connectivity index (χ4n) is 2.32. The molecule has 20 heavy (non-hydrogen) atoms. The normalized spacial score (nSPS) is 12.9. The monoisotopic (exact) mass is 287 g/mol. The lowest BCUT2D eigenvalue weighted by Crippen LogP contribution is -2.39. The average molecular weight is 287 g/mol. The molecular weight excluding hydrogens is 254 g/mol. The predicted molar refractivity (Wildman–Crippen MR) is 84.0 cm³/mol. The zero-order chi connectivity index (χ0) is 15.4. The van der Waals surface area contributed by atoms with Crippen LogP contribution >= 0.6 is 0 Å². The molecule has 0 spiro atoms. The van der Waals surface area contributed by atoms with Crippen LogP contribution < -0.4 is 5.32 Å². The van der Waals surface area contributed by atoms with Crippen LogP contribution in [0.3, 0.4) is 0 Å². The van der Waals surface area contributed by atoms with Crippen LogP contribution in [0.5, 0.6) is 0 Å². The van der Waals surface area contributed by atoms with E-state index < -0.39 is 0 Å². The highest BCUT2D eigenvalue weighted by Gasteiger charge is 2.17. The zero-order valence-corrected chi connectivity index (χ0v) is 13.9. The highest BCUT2D eigenvalue weighted by molar-refractivity contribution is 5.75. The van der Waals surface area contributed by atoms with E-state index in [1.165, 1.54) is 13.5 Å². The van der Waals surface area contributed by atoms with Crippen molar-refractivity contribution in [2.75, 3.05) is 53.4 Å². The van der Waals surface area contributed by atoms with Gasteiger partial charge < -0.3 is 19.9 Å². The van der Waals surface area contributed by atoms with E-state index in [1.807, 2.05) is 0 Å². The number of carbonyl (C=O) groups excluding carboxylic acids is 1. The largest absolute Gasteiger partial charge is 0.468 e. The van der Waals surface area contributed by atoms with Crippen molar-refractivity contribution in [1.29, 1.82) is 0 Å². The fourth-order valence-corrected chi connectivity index (χ4v) is 2.32. The molecule has 1 N–H and O–H groups in total. The first-order valence-corrected chi connectivity index (χ1v) is 7.82. The first kappa shape index (κ1) is 19.4. The van der Waals surface area contributed by atoms with Gasteiger partial charge >= 0.3 is 5.97 Å². The summed E-state index contributed by atoms with van der Waals surface area (Å²) in [7, 11) is 3.24. The van der Waals surface area contributed by atoms with Gasteiger partial charge in [0.05, 0.1) is 7.11 Å². The van der Waals surface area contributed by atoms with Crippen molar-refractivity contribution in [3.8, 4) is 0 Å². The van der Waals surface area contributed by atoms with Gasteiger partial charge in [-0.3, -0.25) is 4.79 Å². The van der Waals surface area contributed by atoms with E-state index in [1.54, 1.807) is 7.05 Å². The van der Waals surface area contributed by atoms with Crippen molar-refractivity contribution in [2.24, 2.45) is 0 Å². The van der Waals surface area contributed by atoms with Gasteiger partial charge in [-0.25, -0.2) is 0 Å². The molecule has 0 aliphatic carbocycles. The zero-order valence-electron chi connectivity index (χ0n) is 13.9. The Hall–Kier alpha value is -0.650. The molecule has 0 saturated carbocycles. The molecule has 0 rings (SSSR count). The third kappa shape index (κ3) is 7.82. The number of esters is 1. The number of rotatable bonds is 12. The van der Waals surface area contributed by atoms with Crippen LogP contribution in [0.4, 0.5) is 0 Å². The predicted octanol–water partition coefficient (Wildman–Crippen LogP) is 1.19. The van der Waals surface area contributed by atoms with Crippen LogP contribution in [0, 0.1) is 0 Å². The molecule has 0 aliphatic rings. The second kappa shape index (κ2) is 12.1. The van der Waals surface area contributed by atoms with E-state index in [0.717, 1.165) is 45.7 Å². The number of ether oxygens (including phenoxy) is 1. The smallest absolute Gasteiger partial charge is 0.322 e. The molecule has 5 nitrogen and oxygen atoms in total. The van der Waals surface area contributed by atoms with E-state index in [-0.39, 0.29) is 12.0 Å². The molecular formula is C15H33N3O2. The van der Waals surface area contributed by atoms with Gasteiger partial charge in [0.2, 0.25) is 0 Å². The van der Waals surface area contributed by atoms with Crippen LogP contribution in [0.1, 0.15) is 33.6 Å². The van der Waals surface area contributed by atoms with Crippen molar-refractivity contribution in [3.63, 3.8) is 0 Å². The molecule has 0 radical (unpaired) electrons. The molecule has 0 aliphatic heterocycles. The molecule has 0 fully saturated rings. The lowest BCUT2D eigenvalue weighted by atomic mass is 10.2. The maximum atomic E-state index is 11.5. The summed E-state index contributed by atoms with van der Waals surface area (Å²) in [5, 5.41) is 3.02. The third-order valence-electron chi connectivity index (χ3n) is 3.86. The standard InChI is InChI=1S/C15H33N3O2/c1-6-17(7-2)11-9-12-18(8-3)13-10-14(16-4)15(19)20-5/h14,16H,6-13H2,1-5H3. The number of hydrogen-bond acceptors (Lipinski definition) is 5. The topological polar surface area (TPSA) is 44.8 Å². The van der Waals surface area contributed by atoms with Gasteiger partial charge in [0.1, 0.15) is 6.04 Å². The minimum absolute atomic E-state index is 0.174. The minimum atomic E-state index is -0.197. The summed E-state index contributed by atoms with van der Waals surface area (Å²) in [6.07, 6.45) is 1.97. The van der Waals surface area contributed by atoms with E-state index >= 15 is 0 Å².